The van der Waals surface area contributed by atoms with Gasteiger partial charge < -0.3 is 21.2 Å². The van der Waals surface area contributed by atoms with E-state index in [9.17, 15) is 0 Å². The van der Waals surface area contributed by atoms with Crippen LogP contribution in [0, 0.1) is 0 Å². The fourth-order valence-electron chi connectivity index (χ4n) is 2.97. The maximum Gasteiger partial charge on any atom is 0.0585 e. The normalized spacial score (nSPS) is 20.1. The van der Waals surface area contributed by atoms with E-state index in [-0.39, 0.29) is 5.92 Å². The number of anilines is 2. The lowest BCUT2D eigenvalue weighted by molar-refractivity contribution is 0.101. The first-order chi connectivity index (χ1) is 9.74. The molecule has 106 valence electrons. The second-order valence-electron chi connectivity index (χ2n) is 5.44. The third kappa shape index (κ3) is 2.65. The van der Waals surface area contributed by atoms with Crippen LogP contribution in [0.25, 0.3) is 0 Å². The fraction of sp³-hybridized carbons (Fsp3) is 0.375. The number of rotatable bonds is 4. The lowest BCUT2D eigenvalue weighted by Gasteiger charge is -2.22. The van der Waals surface area contributed by atoms with Crippen LogP contribution in [-0.4, -0.2) is 17.7 Å². The van der Waals surface area contributed by atoms with Gasteiger partial charge in [-0.2, -0.15) is 0 Å². The average Bonchev–Trinajstić information content (AvgIpc) is 3.11. The standard InChI is InChI=1S/C16H21N3O/c17-11-5-6-15(18)13(9-11)14(16-4-1-7-19-16)10-12-3-2-8-20-12/h1,4-7,9,12,14,19H,2-3,8,10,17-18H2. The molecule has 2 atom stereocenters. The van der Waals surface area contributed by atoms with Crippen molar-refractivity contribution in [3.63, 3.8) is 0 Å². The van der Waals surface area contributed by atoms with E-state index >= 15 is 0 Å². The Balaban J connectivity index is 1.93. The lowest BCUT2D eigenvalue weighted by atomic mass is 9.88. The Morgan fingerprint density at radius 2 is 2.20 bits per heavy atom. The topological polar surface area (TPSA) is 77.1 Å². The summed E-state index contributed by atoms with van der Waals surface area (Å²) in [6.07, 6.45) is 5.46. The van der Waals surface area contributed by atoms with E-state index < -0.39 is 0 Å². The minimum Gasteiger partial charge on any atom is -0.399 e. The first-order valence-corrected chi connectivity index (χ1v) is 7.14. The molecule has 4 heteroatoms. The van der Waals surface area contributed by atoms with Gasteiger partial charge in [0.2, 0.25) is 0 Å². The van der Waals surface area contributed by atoms with Gasteiger partial charge >= 0.3 is 0 Å². The number of aromatic nitrogens is 1. The Kier molecular flexibility index (Phi) is 3.65. The number of hydrogen-bond donors (Lipinski definition) is 3. The molecule has 3 rings (SSSR count). The van der Waals surface area contributed by atoms with Gasteiger partial charge in [-0.25, -0.2) is 0 Å². The molecule has 1 aliphatic rings. The molecular weight excluding hydrogens is 250 g/mol. The van der Waals surface area contributed by atoms with Crippen molar-refractivity contribution < 1.29 is 4.74 Å². The minimum absolute atomic E-state index is 0.205. The number of nitrogen functional groups attached to an aromatic ring is 2. The summed E-state index contributed by atoms with van der Waals surface area (Å²) in [5.41, 5.74) is 15.9. The number of benzene rings is 1. The number of nitrogens with one attached hydrogen (secondary N) is 1. The monoisotopic (exact) mass is 271 g/mol. The molecular formula is C16H21N3O. The second-order valence-corrected chi connectivity index (χ2v) is 5.44. The van der Waals surface area contributed by atoms with E-state index in [1.807, 2.05) is 30.5 Å². The number of nitrogens with two attached hydrogens (primary N) is 2. The van der Waals surface area contributed by atoms with E-state index in [1.165, 1.54) is 0 Å². The van der Waals surface area contributed by atoms with Gasteiger partial charge in [-0.3, -0.25) is 0 Å². The smallest absolute Gasteiger partial charge is 0.0585 e. The Morgan fingerprint density at radius 1 is 1.30 bits per heavy atom. The van der Waals surface area contributed by atoms with Gasteiger partial charge in [0.15, 0.2) is 0 Å². The van der Waals surface area contributed by atoms with Crippen molar-refractivity contribution in [2.45, 2.75) is 31.3 Å². The predicted molar refractivity (Wildman–Crippen MR) is 81.5 cm³/mol. The van der Waals surface area contributed by atoms with E-state index in [2.05, 4.69) is 11.1 Å². The van der Waals surface area contributed by atoms with Crippen LogP contribution in [0.3, 0.4) is 0 Å². The van der Waals surface area contributed by atoms with Crippen LogP contribution in [-0.2, 0) is 4.74 Å². The number of hydrogen-bond acceptors (Lipinski definition) is 3. The Hall–Kier alpha value is -1.94. The predicted octanol–water partition coefficient (Wildman–Crippen LogP) is 2.88. The van der Waals surface area contributed by atoms with Gasteiger partial charge in [0, 0.05) is 35.8 Å². The molecule has 0 radical (unpaired) electrons. The molecule has 1 aromatic heterocycles. The Labute approximate surface area is 119 Å². The van der Waals surface area contributed by atoms with E-state index in [4.69, 9.17) is 16.2 Å². The molecule has 1 aliphatic heterocycles. The summed E-state index contributed by atoms with van der Waals surface area (Å²) in [7, 11) is 0. The molecule has 4 nitrogen and oxygen atoms in total. The molecule has 2 aromatic rings. The van der Waals surface area contributed by atoms with Crippen molar-refractivity contribution in [2.24, 2.45) is 0 Å². The van der Waals surface area contributed by atoms with Gasteiger partial charge in [-0.15, -0.1) is 0 Å². The molecule has 0 amide bonds. The van der Waals surface area contributed by atoms with Crippen LogP contribution in [0.1, 0.15) is 36.4 Å². The van der Waals surface area contributed by atoms with Gasteiger partial charge in [-0.05, 0) is 55.2 Å². The highest BCUT2D eigenvalue weighted by molar-refractivity contribution is 5.58. The van der Waals surface area contributed by atoms with Gasteiger partial charge in [0.25, 0.3) is 0 Å². The Morgan fingerprint density at radius 3 is 2.90 bits per heavy atom. The van der Waals surface area contributed by atoms with E-state index in [0.717, 1.165) is 48.5 Å². The third-order valence-corrected chi connectivity index (χ3v) is 4.01. The van der Waals surface area contributed by atoms with Crippen LogP contribution in [0.4, 0.5) is 11.4 Å². The zero-order chi connectivity index (χ0) is 13.9. The van der Waals surface area contributed by atoms with Crippen molar-refractivity contribution in [3.05, 3.63) is 47.8 Å². The highest BCUT2D eigenvalue weighted by atomic mass is 16.5. The summed E-state index contributed by atoms with van der Waals surface area (Å²) in [5, 5.41) is 0. The van der Waals surface area contributed by atoms with Gasteiger partial charge in [0.1, 0.15) is 0 Å². The second kappa shape index (κ2) is 5.59. The average molecular weight is 271 g/mol. The van der Waals surface area contributed by atoms with E-state index in [0.29, 0.717) is 6.10 Å². The molecule has 2 unspecified atom stereocenters. The highest BCUT2D eigenvalue weighted by Crippen LogP contribution is 2.35. The summed E-state index contributed by atoms with van der Waals surface area (Å²) in [6, 6.07) is 9.82. The molecule has 0 saturated carbocycles. The maximum atomic E-state index is 6.16. The molecule has 20 heavy (non-hydrogen) atoms. The third-order valence-electron chi connectivity index (χ3n) is 4.01. The van der Waals surface area contributed by atoms with Gasteiger partial charge in [-0.1, -0.05) is 0 Å². The number of H-pyrrole nitrogens is 1. The van der Waals surface area contributed by atoms with Crippen molar-refractivity contribution in [1.82, 2.24) is 4.98 Å². The SMILES string of the molecule is Nc1ccc(N)c(C(CC2CCCO2)c2ccc[nH]2)c1. The van der Waals surface area contributed by atoms with Crippen LogP contribution in [0.2, 0.25) is 0 Å². The lowest BCUT2D eigenvalue weighted by Crippen LogP contribution is -2.14. The van der Waals surface area contributed by atoms with Crippen molar-refractivity contribution in [3.8, 4) is 0 Å². The molecule has 1 fully saturated rings. The Bertz CT molecular complexity index is 559. The van der Waals surface area contributed by atoms with Crippen LogP contribution in [0.5, 0.6) is 0 Å². The zero-order valence-corrected chi connectivity index (χ0v) is 11.5. The first kappa shape index (κ1) is 13.1. The molecule has 5 N–H and O–H groups in total. The van der Waals surface area contributed by atoms with Crippen molar-refractivity contribution >= 4 is 11.4 Å². The van der Waals surface area contributed by atoms with E-state index in [1.54, 1.807) is 0 Å². The summed E-state index contributed by atoms with van der Waals surface area (Å²) in [5.74, 6) is 0.205. The largest absolute Gasteiger partial charge is 0.399 e. The molecule has 1 saturated heterocycles. The fourth-order valence-corrected chi connectivity index (χ4v) is 2.97. The molecule has 0 bridgehead atoms. The number of aromatic amines is 1. The summed E-state index contributed by atoms with van der Waals surface area (Å²) < 4.78 is 5.79. The van der Waals surface area contributed by atoms with Crippen molar-refractivity contribution in [1.29, 1.82) is 0 Å². The molecule has 0 spiro atoms. The zero-order valence-electron chi connectivity index (χ0n) is 11.5. The van der Waals surface area contributed by atoms with Crippen LogP contribution in [0.15, 0.2) is 36.5 Å². The summed E-state index contributed by atoms with van der Waals surface area (Å²) >= 11 is 0. The number of ether oxygens (including phenoxy) is 1. The van der Waals surface area contributed by atoms with Crippen molar-refractivity contribution in [2.75, 3.05) is 18.1 Å². The maximum absolute atomic E-state index is 6.16. The molecule has 2 heterocycles. The van der Waals surface area contributed by atoms with Crippen LogP contribution >= 0.6 is 0 Å². The summed E-state index contributed by atoms with van der Waals surface area (Å²) in [6.45, 7) is 0.870. The molecule has 0 aliphatic carbocycles. The highest BCUT2D eigenvalue weighted by Gasteiger charge is 2.25. The van der Waals surface area contributed by atoms with Crippen LogP contribution < -0.4 is 11.5 Å². The first-order valence-electron chi connectivity index (χ1n) is 7.14. The quantitative estimate of drug-likeness (QED) is 0.748. The molecule has 1 aromatic carbocycles. The summed E-state index contributed by atoms with van der Waals surface area (Å²) in [4.78, 5) is 3.30. The van der Waals surface area contributed by atoms with Gasteiger partial charge in [0.05, 0.1) is 6.10 Å². The minimum atomic E-state index is 0.205.